The van der Waals surface area contributed by atoms with Gasteiger partial charge >= 0.3 is 17.9 Å². The molecule has 0 aliphatic rings. The van der Waals surface area contributed by atoms with Crippen LogP contribution in [0.1, 0.15) is 393 Å². The number of hydrogen-bond donors (Lipinski definition) is 0. The van der Waals surface area contributed by atoms with Gasteiger partial charge in [0.05, 0.1) is 0 Å². The predicted octanol–water partition coefficient (Wildman–Crippen LogP) is 23.8. The van der Waals surface area contributed by atoms with E-state index in [0.717, 1.165) is 64.2 Å². The molecule has 0 saturated carbocycles. The molecule has 1 unspecified atom stereocenters. The first-order valence-electron chi connectivity index (χ1n) is 34.8. The summed E-state index contributed by atoms with van der Waals surface area (Å²) in [4.78, 5) is 38.3. The van der Waals surface area contributed by atoms with Crippen molar-refractivity contribution in [2.45, 2.75) is 399 Å². The maximum atomic E-state index is 12.9. The topological polar surface area (TPSA) is 78.9 Å². The summed E-state index contributed by atoms with van der Waals surface area (Å²) in [6.45, 7) is 6.69. The van der Waals surface area contributed by atoms with Crippen LogP contribution in [0.5, 0.6) is 0 Å². The lowest BCUT2D eigenvalue weighted by Gasteiger charge is -2.18. The van der Waals surface area contributed by atoms with E-state index in [4.69, 9.17) is 14.2 Å². The summed E-state index contributed by atoms with van der Waals surface area (Å²) in [5.41, 5.74) is 0. The van der Waals surface area contributed by atoms with E-state index in [9.17, 15) is 14.4 Å². The minimum atomic E-state index is -0.766. The summed E-state index contributed by atoms with van der Waals surface area (Å²) in [6, 6.07) is 0. The van der Waals surface area contributed by atoms with Crippen LogP contribution in [0.15, 0.2) is 24.3 Å². The summed E-state index contributed by atoms with van der Waals surface area (Å²) in [7, 11) is 0. The molecule has 0 aromatic heterocycles. The third-order valence-electron chi connectivity index (χ3n) is 16.0. The Labute approximate surface area is 481 Å². The normalized spacial score (nSPS) is 12.1. The molecular formula is C71H134O6. The highest BCUT2D eigenvalue weighted by atomic mass is 16.6. The number of hydrogen-bond acceptors (Lipinski definition) is 6. The van der Waals surface area contributed by atoms with Gasteiger partial charge in [0, 0.05) is 19.3 Å². The average Bonchev–Trinajstić information content (AvgIpc) is 3.43. The SMILES string of the molecule is CCCCCCC/C=C\C/C=C\CCCCCCCCCCCCCCCCCC(=O)OCC(COC(=O)CCCCCCCCCCC)OC(=O)CCCCCCCCCCCCCCCCCCCCCCCCC. The summed E-state index contributed by atoms with van der Waals surface area (Å²) in [5.74, 6) is -0.837. The van der Waals surface area contributed by atoms with E-state index < -0.39 is 6.10 Å². The lowest BCUT2D eigenvalue weighted by Crippen LogP contribution is -2.30. The Kier molecular flexibility index (Phi) is 64.6. The molecule has 6 nitrogen and oxygen atoms in total. The van der Waals surface area contributed by atoms with Crippen LogP contribution in [0.2, 0.25) is 0 Å². The molecule has 0 N–H and O–H groups in total. The van der Waals surface area contributed by atoms with Crippen LogP contribution in [0.3, 0.4) is 0 Å². The van der Waals surface area contributed by atoms with Crippen molar-refractivity contribution in [1.82, 2.24) is 0 Å². The molecule has 454 valence electrons. The van der Waals surface area contributed by atoms with Gasteiger partial charge in [-0.25, -0.2) is 0 Å². The lowest BCUT2D eigenvalue weighted by molar-refractivity contribution is -0.167. The van der Waals surface area contributed by atoms with Crippen molar-refractivity contribution in [1.29, 1.82) is 0 Å². The number of ether oxygens (including phenoxy) is 3. The molecule has 0 bridgehead atoms. The summed E-state index contributed by atoms with van der Waals surface area (Å²) >= 11 is 0. The van der Waals surface area contributed by atoms with E-state index >= 15 is 0 Å². The van der Waals surface area contributed by atoms with Crippen LogP contribution in [0, 0.1) is 0 Å². The molecule has 0 spiro atoms. The Morgan fingerprint density at radius 2 is 0.468 bits per heavy atom. The van der Waals surface area contributed by atoms with Gasteiger partial charge in [0.15, 0.2) is 6.10 Å². The second-order valence-electron chi connectivity index (χ2n) is 23.8. The van der Waals surface area contributed by atoms with E-state index in [0.29, 0.717) is 19.3 Å². The summed E-state index contributed by atoms with van der Waals surface area (Å²) in [5, 5.41) is 0. The maximum Gasteiger partial charge on any atom is 0.306 e. The first kappa shape index (κ1) is 74.9. The van der Waals surface area contributed by atoms with E-state index in [1.807, 2.05) is 0 Å². The monoisotopic (exact) mass is 1080 g/mol. The van der Waals surface area contributed by atoms with Crippen molar-refractivity contribution in [2.24, 2.45) is 0 Å². The first-order valence-corrected chi connectivity index (χ1v) is 34.8. The van der Waals surface area contributed by atoms with Gasteiger partial charge in [-0.2, -0.15) is 0 Å². The number of carbonyl (C=O) groups is 3. The van der Waals surface area contributed by atoms with Crippen LogP contribution in [0.25, 0.3) is 0 Å². The Morgan fingerprint density at radius 1 is 0.260 bits per heavy atom. The van der Waals surface area contributed by atoms with E-state index in [2.05, 4.69) is 45.1 Å². The third-order valence-corrected chi connectivity index (χ3v) is 16.0. The van der Waals surface area contributed by atoms with E-state index in [-0.39, 0.29) is 31.1 Å². The molecule has 0 saturated heterocycles. The average molecular weight is 1080 g/mol. The fourth-order valence-electron chi connectivity index (χ4n) is 10.7. The van der Waals surface area contributed by atoms with Crippen molar-refractivity contribution in [3.63, 3.8) is 0 Å². The molecule has 1 atom stereocenters. The quantitative estimate of drug-likeness (QED) is 0.0261. The summed E-state index contributed by atoms with van der Waals surface area (Å²) < 4.78 is 16.9. The Hall–Kier alpha value is -2.11. The van der Waals surface area contributed by atoms with Crippen LogP contribution in [-0.4, -0.2) is 37.2 Å². The van der Waals surface area contributed by atoms with Gasteiger partial charge in [-0.15, -0.1) is 0 Å². The number of carbonyl (C=O) groups excluding carboxylic acids is 3. The minimum Gasteiger partial charge on any atom is -0.462 e. The predicted molar refractivity (Wildman–Crippen MR) is 335 cm³/mol. The highest BCUT2D eigenvalue weighted by molar-refractivity contribution is 5.71. The van der Waals surface area contributed by atoms with Gasteiger partial charge in [-0.3, -0.25) is 14.4 Å². The van der Waals surface area contributed by atoms with Gasteiger partial charge < -0.3 is 14.2 Å². The number of rotatable bonds is 65. The second kappa shape index (κ2) is 66.4. The van der Waals surface area contributed by atoms with E-state index in [1.54, 1.807) is 0 Å². The molecule has 77 heavy (non-hydrogen) atoms. The Balaban J connectivity index is 4.10. The number of esters is 3. The highest BCUT2D eigenvalue weighted by Gasteiger charge is 2.19. The molecule has 0 amide bonds. The number of unbranched alkanes of at least 4 members (excludes halogenated alkanes) is 50. The maximum absolute atomic E-state index is 12.9. The minimum absolute atomic E-state index is 0.0645. The molecule has 0 aliphatic heterocycles. The van der Waals surface area contributed by atoms with Crippen molar-refractivity contribution in [3.8, 4) is 0 Å². The molecule has 0 aromatic rings. The standard InChI is InChI=1S/C71H134O6/c1-4-7-10-13-16-19-21-23-25-27-29-31-33-34-35-36-38-39-41-43-45-47-49-52-55-58-61-64-70(73)76-67-68(66-75-69(72)63-60-57-54-51-18-15-12-9-6-3)77-71(74)65-62-59-56-53-50-48-46-44-42-40-37-32-30-28-26-24-22-20-17-14-11-8-5-2/h21,23,27,29,68H,4-20,22,24-26,28,30-67H2,1-3H3/b23-21-,29-27-. The Morgan fingerprint density at radius 3 is 0.714 bits per heavy atom. The van der Waals surface area contributed by atoms with Gasteiger partial charge in [-0.1, -0.05) is 347 Å². The molecular weight excluding hydrogens is 949 g/mol. The van der Waals surface area contributed by atoms with Crippen molar-refractivity contribution in [2.75, 3.05) is 13.2 Å². The first-order chi connectivity index (χ1) is 38.0. The molecule has 0 radical (unpaired) electrons. The fraction of sp³-hybridized carbons (Fsp3) is 0.901. The third kappa shape index (κ3) is 64.6. The number of allylic oxidation sites excluding steroid dienone is 4. The molecule has 6 heteroatoms. The van der Waals surface area contributed by atoms with Crippen molar-refractivity contribution >= 4 is 17.9 Å². The van der Waals surface area contributed by atoms with Crippen LogP contribution < -0.4 is 0 Å². The van der Waals surface area contributed by atoms with Crippen LogP contribution >= 0.6 is 0 Å². The van der Waals surface area contributed by atoms with Gasteiger partial charge in [0.1, 0.15) is 13.2 Å². The zero-order valence-corrected chi connectivity index (χ0v) is 52.3. The van der Waals surface area contributed by atoms with Gasteiger partial charge in [0.2, 0.25) is 0 Å². The molecule has 0 aromatic carbocycles. The smallest absolute Gasteiger partial charge is 0.306 e. The summed E-state index contributed by atoms with van der Waals surface area (Å²) in [6.07, 6.45) is 80.8. The van der Waals surface area contributed by atoms with Gasteiger partial charge in [-0.05, 0) is 51.4 Å². The fourth-order valence-corrected chi connectivity index (χ4v) is 10.7. The molecule has 0 fully saturated rings. The zero-order chi connectivity index (χ0) is 55.7. The van der Waals surface area contributed by atoms with Crippen molar-refractivity contribution < 1.29 is 28.6 Å². The lowest BCUT2D eigenvalue weighted by atomic mass is 10.0. The second-order valence-corrected chi connectivity index (χ2v) is 23.8. The molecule has 0 heterocycles. The van der Waals surface area contributed by atoms with E-state index in [1.165, 1.54) is 289 Å². The highest BCUT2D eigenvalue weighted by Crippen LogP contribution is 2.19. The van der Waals surface area contributed by atoms with Crippen LogP contribution in [-0.2, 0) is 28.6 Å². The zero-order valence-electron chi connectivity index (χ0n) is 52.3. The van der Waals surface area contributed by atoms with Gasteiger partial charge in [0.25, 0.3) is 0 Å². The van der Waals surface area contributed by atoms with Crippen LogP contribution in [0.4, 0.5) is 0 Å². The Bertz CT molecular complexity index is 1240. The molecule has 0 rings (SSSR count). The molecule has 0 aliphatic carbocycles. The van der Waals surface area contributed by atoms with Crippen molar-refractivity contribution in [3.05, 3.63) is 24.3 Å². The largest absolute Gasteiger partial charge is 0.462 e.